The van der Waals surface area contributed by atoms with Crippen LogP contribution in [0.25, 0.3) is 0 Å². The molecule has 1 saturated carbocycles. The Labute approximate surface area is 152 Å². The van der Waals surface area contributed by atoms with Crippen LogP contribution in [-0.4, -0.2) is 37.1 Å². The van der Waals surface area contributed by atoms with Crippen molar-refractivity contribution in [2.45, 2.75) is 58.9 Å². The Bertz CT molecular complexity index is 568. The number of pyridine rings is 1. The molecule has 0 amide bonds. The van der Waals surface area contributed by atoms with Gasteiger partial charge in [0.25, 0.3) is 0 Å². The van der Waals surface area contributed by atoms with Gasteiger partial charge in [0.05, 0.1) is 6.54 Å². The summed E-state index contributed by atoms with van der Waals surface area (Å²) in [7, 11) is 0. The fourth-order valence-electron chi connectivity index (χ4n) is 3.79. The lowest BCUT2D eigenvalue weighted by atomic mass is 9.67. The summed E-state index contributed by atoms with van der Waals surface area (Å²) < 4.78 is 0. The van der Waals surface area contributed by atoms with Crippen molar-refractivity contribution in [2.75, 3.05) is 31.1 Å². The molecule has 0 spiro atoms. The van der Waals surface area contributed by atoms with E-state index in [2.05, 4.69) is 46.5 Å². The van der Waals surface area contributed by atoms with E-state index < -0.39 is 0 Å². The van der Waals surface area contributed by atoms with Gasteiger partial charge in [-0.3, -0.25) is 0 Å². The molecule has 0 aromatic carbocycles. The Kier molecular flexibility index (Phi) is 6.16. The van der Waals surface area contributed by atoms with Crippen LogP contribution >= 0.6 is 0 Å². The van der Waals surface area contributed by atoms with Gasteiger partial charge < -0.3 is 15.5 Å². The van der Waals surface area contributed by atoms with E-state index in [0.29, 0.717) is 12.0 Å². The number of anilines is 1. The van der Waals surface area contributed by atoms with Crippen LogP contribution in [0.5, 0.6) is 0 Å². The molecule has 0 radical (unpaired) electrons. The van der Waals surface area contributed by atoms with Crippen LogP contribution in [0.4, 0.5) is 5.82 Å². The Hall–Kier alpha value is -1.78. The first-order valence-corrected chi connectivity index (χ1v) is 9.97. The molecule has 2 heterocycles. The Morgan fingerprint density at radius 1 is 1.20 bits per heavy atom. The normalized spacial score (nSPS) is 19.6. The van der Waals surface area contributed by atoms with E-state index in [9.17, 15) is 0 Å². The van der Waals surface area contributed by atoms with Crippen molar-refractivity contribution in [3.05, 3.63) is 23.9 Å². The van der Waals surface area contributed by atoms with Gasteiger partial charge in [-0.25, -0.2) is 9.98 Å². The SMILES string of the molecule is CCNC(=NCc1ccnc(N2CCCC2)c1)NCC1(CC)CCC1. The van der Waals surface area contributed by atoms with E-state index in [1.54, 1.807) is 0 Å². The lowest BCUT2D eigenvalue weighted by molar-refractivity contribution is 0.131. The first kappa shape index (κ1) is 18.0. The number of hydrogen-bond acceptors (Lipinski definition) is 3. The van der Waals surface area contributed by atoms with Crippen molar-refractivity contribution in [1.29, 1.82) is 0 Å². The van der Waals surface area contributed by atoms with Gasteiger partial charge in [-0.1, -0.05) is 13.3 Å². The van der Waals surface area contributed by atoms with E-state index >= 15 is 0 Å². The van der Waals surface area contributed by atoms with Gasteiger partial charge in [0, 0.05) is 32.4 Å². The van der Waals surface area contributed by atoms with Gasteiger partial charge in [0.1, 0.15) is 5.82 Å². The highest BCUT2D eigenvalue weighted by Gasteiger charge is 2.34. The quantitative estimate of drug-likeness (QED) is 0.589. The zero-order chi connectivity index (χ0) is 17.5. The van der Waals surface area contributed by atoms with Gasteiger partial charge in [-0.05, 0) is 62.1 Å². The lowest BCUT2D eigenvalue weighted by Crippen LogP contribution is -2.46. The van der Waals surface area contributed by atoms with E-state index in [4.69, 9.17) is 4.99 Å². The van der Waals surface area contributed by atoms with E-state index in [1.807, 2.05) is 6.20 Å². The molecule has 138 valence electrons. The Balaban J connectivity index is 1.59. The van der Waals surface area contributed by atoms with Crippen molar-refractivity contribution in [1.82, 2.24) is 15.6 Å². The molecule has 2 fully saturated rings. The van der Waals surface area contributed by atoms with E-state index in [0.717, 1.165) is 38.0 Å². The molecule has 0 unspecified atom stereocenters. The second-order valence-electron chi connectivity index (χ2n) is 7.47. The van der Waals surface area contributed by atoms with Crippen molar-refractivity contribution in [3.63, 3.8) is 0 Å². The summed E-state index contributed by atoms with van der Waals surface area (Å²) in [4.78, 5) is 11.7. The van der Waals surface area contributed by atoms with Crippen LogP contribution < -0.4 is 15.5 Å². The largest absolute Gasteiger partial charge is 0.357 e. The summed E-state index contributed by atoms with van der Waals surface area (Å²) in [5.74, 6) is 2.03. The molecule has 2 aliphatic rings. The van der Waals surface area contributed by atoms with Gasteiger partial charge in [0.15, 0.2) is 5.96 Å². The fraction of sp³-hybridized carbons (Fsp3) is 0.700. The Morgan fingerprint density at radius 2 is 2.00 bits per heavy atom. The first-order chi connectivity index (χ1) is 12.2. The van der Waals surface area contributed by atoms with Crippen molar-refractivity contribution in [3.8, 4) is 0 Å². The minimum absolute atomic E-state index is 0.496. The topological polar surface area (TPSA) is 52.6 Å². The summed E-state index contributed by atoms with van der Waals surface area (Å²) in [5.41, 5.74) is 1.72. The predicted molar refractivity (Wildman–Crippen MR) is 105 cm³/mol. The van der Waals surface area contributed by atoms with Gasteiger partial charge >= 0.3 is 0 Å². The molecule has 0 atom stereocenters. The molecule has 2 N–H and O–H groups in total. The third-order valence-corrected chi connectivity index (χ3v) is 5.80. The number of rotatable bonds is 7. The fourth-order valence-corrected chi connectivity index (χ4v) is 3.79. The molecule has 5 heteroatoms. The van der Waals surface area contributed by atoms with Gasteiger partial charge in [-0.15, -0.1) is 0 Å². The highest BCUT2D eigenvalue weighted by Crippen LogP contribution is 2.42. The molecule has 1 aromatic rings. The molecule has 25 heavy (non-hydrogen) atoms. The maximum absolute atomic E-state index is 4.80. The zero-order valence-corrected chi connectivity index (χ0v) is 15.9. The van der Waals surface area contributed by atoms with E-state index in [1.165, 1.54) is 44.1 Å². The molecular formula is C20H33N5. The average Bonchev–Trinajstić information content (AvgIpc) is 3.14. The summed E-state index contributed by atoms with van der Waals surface area (Å²) in [6, 6.07) is 4.27. The van der Waals surface area contributed by atoms with Crippen molar-refractivity contribution < 1.29 is 0 Å². The third-order valence-electron chi connectivity index (χ3n) is 5.80. The molecule has 1 aromatic heterocycles. The monoisotopic (exact) mass is 343 g/mol. The van der Waals surface area contributed by atoms with Crippen LogP contribution in [0.15, 0.2) is 23.3 Å². The molecule has 1 aliphatic heterocycles. The van der Waals surface area contributed by atoms with Crippen LogP contribution in [0.3, 0.4) is 0 Å². The third kappa shape index (κ3) is 4.65. The number of nitrogens with zero attached hydrogens (tertiary/aromatic N) is 3. The maximum Gasteiger partial charge on any atom is 0.191 e. The molecule has 5 nitrogen and oxygen atoms in total. The summed E-state index contributed by atoms with van der Waals surface area (Å²) in [5, 5.41) is 6.95. The van der Waals surface area contributed by atoms with Gasteiger partial charge in [0.2, 0.25) is 0 Å². The molecule has 1 saturated heterocycles. The highest BCUT2D eigenvalue weighted by molar-refractivity contribution is 5.79. The van der Waals surface area contributed by atoms with Crippen LogP contribution in [0, 0.1) is 5.41 Å². The molecule has 0 bridgehead atoms. The summed E-state index contributed by atoms with van der Waals surface area (Å²) >= 11 is 0. The zero-order valence-electron chi connectivity index (χ0n) is 15.9. The second-order valence-corrected chi connectivity index (χ2v) is 7.47. The number of aliphatic imine (C=N–C) groups is 1. The lowest BCUT2D eigenvalue weighted by Gasteiger charge is -2.41. The maximum atomic E-state index is 4.80. The summed E-state index contributed by atoms with van der Waals surface area (Å²) in [6.45, 7) is 9.30. The minimum atomic E-state index is 0.496. The standard InChI is InChI=1S/C20H33N5/c1-3-20(9-7-10-20)16-24-19(21-4-2)23-15-17-8-11-22-18(14-17)25-12-5-6-13-25/h8,11,14H,3-7,9-10,12-13,15-16H2,1-2H3,(H2,21,23,24). The Morgan fingerprint density at radius 3 is 2.64 bits per heavy atom. The average molecular weight is 344 g/mol. The van der Waals surface area contributed by atoms with Crippen LogP contribution in [0.2, 0.25) is 0 Å². The summed E-state index contributed by atoms with van der Waals surface area (Å²) in [6.07, 6.45) is 9.79. The molecule has 1 aliphatic carbocycles. The van der Waals surface area contributed by atoms with Crippen LogP contribution in [0.1, 0.15) is 57.9 Å². The molecular weight excluding hydrogens is 310 g/mol. The highest BCUT2D eigenvalue weighted by atomic mass is 15.2. The minimum Gasteiger partial charge on any atom is -0.357 e. The van der Waals surface area contributed by atoms with Gasteiger partial charge in [-0.2, -0.15) is 0 Å². The number of hydrogen-bond donors (Lipinski definition) is 2. The van der Waals surface area contributed by atoms with Crippen LogP contribution in [-0.2, 0) is 6.54 Å². The second kappa shape index (κ2) is 8.54. The van der Waals surface area contributed by atoms with Crippen molar-refractivity contribution in [2.24, 2.45) is 10.4 Å². The first-order valence-electron chi connectivity index (χ1n) is 9.97. The number of guanidine groups is 1. The van der Waals surface area contributed by atoms with E-state index in [-0.39, 0.29) is 0 Å². The number of aromatic nitrogens is 1. The van der Waals surface area contributed by atoms with Crippen molar-refractivity contribution >= 4 is 11.8 Å². The predicted octanol–water partition coefficient (Wildman–Crippen LogP) is 3.32. The number of nitrogens with one attached hydrogen (secondary N) is 2. The smallest absolute Gasteiger partial charge is 0.191 e. The molecule has 3 rings (SSSR count).